The van der Waals surface area contributed by atoms with Gasteiger partial charge in [0.25, 0.3) is 6.43 Å². The summed E-state index contributed by atoms with van der Waals surface area (Å²) < 4.78 is 49.0. The Morgan fingerprint density at radius 1 is 1.17 bits per heavy atom. The Labute approximate surface area is 66.8 Å². The first kappa shape index (κ1) is 9.03. The van der Waals surface area contributed by atoms with Gasteiger partial charge in [0.05, 0.1) is 0 Å². The minimum Gasteiger partial charge on any atom is -0.205 e. The van der Waals surface area contributed by atoms with Crippen LogP contribution >= 0.6 is 0 Å². The summed E-state index contributed by atoms with van der Waals surface area (Å²) >= 11 is 0. The molecule has 1 aromatic carbocycles. The molecule has 1 aromatic rings. The van der Waals surface area contributed by atoms with Crippen molar-refractivity contribution in [2.45, 2.75) is 13.3 Å². The molecule has 4 heteroatoms. The molecule has 0 aliphatic rings. The average Bonchev–Trinajstić information content (AvgIpc) is 1.99. The van der Waals surface area contributed by atoms with Crippen LogP contribution in [0.15, 0.2) is 12.1 Å². The second-order valence-electron chi connectivity index (χ2n) is 2.43. The van der Waals surface area contributed by atoms with Crippen molar-refractivity contribution in [3.63, 3.8) is 0 Å². The van der Waals surface area contributed by atoms with Crippen molar-refractivity contribution < 1.29 is 17.6 Å². The summed E-state index contributed by atoms with van der Waals surface area (Å²) in [5.74, 6) is -2.30. The molecule has 0 radical (unpaired) electrons. The van der Waals surface area contributed by atoms with Crippen molar-refractivity contribution in [3.05, 3.63) is 34.9 Å². The summed E-state index contributed by atoms with van der Waals surface area (Å²) in [7, 11) is 0. The summed E-state index contributed by atoms with van der Waals surface area (Å²) in [5.41, 5.74) is -0.600. The van der Waals surface area contributed by atoms with E-state index in [0.717, 1.165) is 6.07 Å². The van der Waals surface area contributed by atoms with Gasteiger partial charge in [0.1, 0.15) is 0 Å². The molecule has 0 saturated heterocycles. The first-order valence-electron chi connectivity index (χ1n) is 3.26. The molecule has 0 aliphatic heterocycles. The third-order valence-electron chi connectivity index (χ3n) is 1.48. The minimum absolute atomic E-state index is 0.106. The number of hydrogen-bond donors (Lipinski definition) is 0. The van der Waals surface area contributed by atoms with E-state index in [1.165, 1.54) is 6.92 Å². The Bertz CT molecular complexity index is 270. The maximum atomic E-state index is 12.6. The highest BCUT2D eigenvalue weighted by atomic mass is 19.3. The molecule has 0 N–H and O–H groups in total. The summed E-state index contributed by atoms with van der Waals surface area (Å²) in [5, 5.41) is 0. The van der Waals surface area contributed by atoms with Gasteiger partial charge in [-0.25, -0.2) is 17.6 Å². The Balaban J connectivity index is 3.21. The van der Waals surface area contributed by atoms with Crippen molar-refractivity contribution in [1.29, 1.82) is 0 Å². The smallest absolute Gasteiger partial charge is 0.205 e. The highest BCUT2D eigenvalue weighted by molar-refractivity contribution is 5.25. The predicted molar refractivity (Wildman–Crippen MR) is 36.1 cm³/mol. The molecule has 0 unspecified atom stereocenters. The second kappa shape index (κ2) is 3.13. The normalized spacial score (nSPS) is 10.8. The molecule has 0 atom stereocenters. The van der Waals surface area contributed by atoms with Crippen LogP contribution in [0.25, 0.3) is 0 Å². The Kier molecular flexibility index (Phi) is 2.35. The van der Waals surface area contributed by atoms with Gasteiger partial charge in [-0.1, -0.05) is 0 Å². The molecule has 12 heavy (non-hydrogen) atoms. The lowest BCUT2D eigenvalue weighted by atomic mass is 10.1. The fourth-order valence-corrected chi connectivity index (χ4v) is 0.879. The lowest BCUT2D eigenvalue weighted by Crippen LogP contribution is -1.93. The van der Waals surface area contributed by atoms with Gasteiger partial charge in [0, 0.05) is 5.56 Å². The fourth-order valence-electron chi connectivity index (χ4n) is 0.879. The van der Waals surface area contributed by atoms with Crippen LogP contribution in [0.1, 0.15) is 17.6 Å². The van der Waals surface area contributed by atoms with E-state index in [1.54, 1.807) is 0 Å². The van der Waals surface area contributed by atoms with E-state index in [9.17, 15) is 17.6 Å². The van der Waals surface area contributed by atoms with Crippen LogP contribution < -0.4 is 0 Å². The molecule has 0 saturated carbocycles. The van der Waals surface area contributed by atoms with Crippen molar-refractivity contribution in [3.8, 4) is 0 Å². The Hall–Kier alpha value is -1.06. The Morgan fingerprint density at radius 3 is 2.17 bits per heavy atom. The second-order valence-corrected chi connectivity index (χ2v) is 2.43. The zero-order valence-electron chi connectivity index (χ0n) is 6.24. The number of halogens is 4. The van der Waals surface area contributed by atoms with E-state index in [0.29, 0.717) is 6.07 Å². The molecule has 0 heterocycles. The lowest BCUT2D eigenvalue weighted by molar-refractivity contribution is 0.150. The molecule has 0 fully saturated rings. The summed E-state index contributed by atoms with van der Waals surface area (Å²) in [6, 6.07) is 1.44. The number of benzene rings is 1. The molecule has 0 aromatic heterocycles. The van der Waals surface area contributed by atoms with Gasteiger partial charge in [-0.3, -0.25) is 0 Å². The SMILES string of the molecule is Cc1cc(C(F)F)cc(F)c1F. The highest BCUT2D eigenvalue weighted by Gasteiger charge is 2.13. The third-order valence-corrected chi connectivity index (χ3v) is 1.48. The summed E-state index contributed by atoms with van der Waals surface area (Å²) in [4.78, 5) is 0. The zero-order valence-corrected chi connectivity index (χ0v) is 6.24. The van der Waals surface area contributed by atoms with Gasteiger partial charge in [-0.2, -0.15) is 0 Å². The van der Waals surface area contributed by atoms with E-state index in [1.807, 2.05) is 0 Å². The third kappa shape index (κ3) is 1.57. The number of aryl methyl sites for hydroxylation is 1. The molecule has 0 spiro atoms. The molecule has 0 nitrogen and oxygen atoms in total. The number of alkyl halides is 2. The van der Waals surface area contributed by atoms with Crippen LogP contribution in [0.5, 0.6) is 0 Å². The maximum Gasteiger partial charge on any atom is 0.263 e. The molecule has 0 amide bonds. The van der Waals surface area contributed by atoms with Crippen LogP contribution in [-0.2, 0) is 0 Å². The van der Waals surface area contributed by atoms with Gasteiger partial charge in [0.15, 0.2) is 11.6 Å². The highest BCUT2D eigenvalue weighted by Crippen LogP contribution is 2.22. The fraction of sp³-hybridized carbons (Fsp3) is 0.250. The van der Waals surface area contributed by atoms with Gasteiger partial charge in [-0.15, -0.1) is 0 Å². The Morgan fingerprint density at radius 2 is 1.75 bits per heavy atom. The average molecular weight is 178 g/mol. The topological polar surface area (TPSA) is 0 Å². The van der Waals surface area contributed by atoms with Gasteiger partial charge in [-0.05, 0) is 24.6 Å². The number of hydrogen-bond acceptors (Lipinski definition) is 0. The van der Waals surface area contributed by atoms with Crippen LogP contribution in [0.2, 0.25) is 0 Å². The van der Waals surface area contributed by atoms with E-state index in [2.05, 4.69) is 0 Å². The maximum absolute atomic E-state index is 12.6. The van der Waals surface area contributed by atoms with Crippen molar-refractivity contribution in [1.82, 2.24) is 0 Å². The standard InChI is InChI=1S/C8H6F4/c1-4-2-5(8(11)12)3-6(9)7(4)10/h2-3,8H,1H3. The van der Waals surface area contributed by atoms with Crippen LogP contribution in [0, 0.1) is 18.6 Å². The summed E-state index contributed by atoms with van der Waals surface area (Å²) in [6.45, 7) is 1.24. The zero-order chi connectivity index (χ0) is 9.30. The van der Waals surface area contributed by atoms with Gasteiger partial charge < -0.3 is 0 Å². The lowest BCUT2D eigenvalue weighted by Gasteiger charge is -2.02. The molecular formula is C8H6F4. The largest absolute Gasteiger partial charge is 0.263 e. The van der Waals surface area contributed by atoms with Crippen molar-refractivity contribution >= 4 is 0 Å². The number of rotatable bonds is 1. The van der Waals surface area contributed by atoms with Gasteiger partial charge >= 0.3 is 0 Å². The van der Waals surface area contributed by atoms with Crippen LogP contribution in [-0.4, -0.2) is 0 Å². The molecular weight excluding hydrogens is 172 g/mol. The van der Waals surface area contributed by atoms with Crippen LogP contribution in [0.3, 0.4) is 0 Å². The van der Waals surface area contributed by atoms with E-state index >= 15 is 0 Å². The van der Waals surface area contributed by atoms with E-state index in [4.69, 9.17) is 0 Å². The molecule has 66 valence electrons. The molecule has 1 rings (SSSR count). The van der Waals surface area contributed by atoms with E-state index < -0.39 is 23.6 Å². The quantitative estimate of drug-likeness (QED) is 0.579. The molecule has 0 aliphatic carbocycles. The minimum atomic E-state index is -2.77. The summed E-state index contributed by atoms with van der Waals surface area (Å²) in [6.07, 6.45) is -2.77. The van der Waals surface area contributed by atoms with Crippen molar-refractivity contribution in [2.75, 3.05) is 0 Å². The first-order chi connectivity index (χ1) is 5.52. The van der Waals surface area contributed by atoms with E-state index in [-0.39, 0.29) is 5.56 Å². The monoisotopic (exact) mass is 178 g/mol. The molecule has 0 bridgehead atoms. The van der Waals surface area contributed by atoms with Crippen molar-refractivity contribution in [2.24, 2.45) is 0 Å². The van der Waals surface area contributed by atoms with Crippen LogP contribution in [0.4, 0.5) is 17.6 Å². The predicted octanol–water partition coefficient (Wildman–Crippen LogP) is 3.21. The van der Waals surface area contributed by atoms with Gasteiger partial charge in [0.2, 0.25) is 0 Å². The first-order valence-corrected chi connectivity index (χ1v) is 3.26.